The van der Waals surface area contributed by atoms with E-state index in [-0.39, 0.29) is 10.1 Å². The Bertz CT molecular complexity index is 900. The number of thiophene rings is 1. The first-order chi connectivity index (χ1) is 11.5. The van der Waals surface area contributed by atoms with Gasteiger partial charge in [0.25, 0.3) is 5.22 Å². The van der Waals surface area contributed by atoms with Crippen LogP contribution in [-0.2, 0) is 4.79 Å². The summed E-state index contributed by atoms with van der Waals surface area (Å²) < 4.78 is 5.54. The molecular weight excluding hydrogens is 368 g/mol. The number of carboxylic acids is 1. The maximum absolute atomic E-state index is 11.5. The van der Waals surface area contributed by atoms with Crippen molar-refractivity contribution in [1.82, 2.24) is 10.2 Å². The van der Waals surface area contributed by atoms with Gasteiger partial charge in [0.15, 0.2) is 0 Å². The largest absolute Gasteiger partial charge is 0.477 e. The lowest BCUT2D eigenvalue weighted by atomic mass is 10.2. The Morgan fingerprint density at radius 1 is 1.29 bits per heavy atom. The minimum absolute atomic E-state index is 0.117. The van der Waals surface area contributed by atoms with Crippen LogP contribution in [0.25, 0.3) is 17.5 Å². The fourth-order valence-corrected chi connectivity index (χ4v) is 3.55. The van der Waals surface area contributed by atoms with E-state index in [1.165, 1.54) is 11.3 Å². The molecule has 1 aromatic carbocycles. The fraction of sp³-hybridized carbons (Fsp3) is 0.0625. The summed E-state index contributed by atoms with van der Waals surface area (Å²) in [6, 6.07) is 8.89. The van der Waals surface area contributed by atoms with Crippen molar-refractivity contribution in [2.75, 3.05) is 0 Å². The number of nitrogens with zero attached hydrogens (tertiary/aromatic N) is 2. The molecule has 2 aromatic heterocycles. The Labute approximate surface area is 151 Å². The molecule has 0 bridgehead atoms. The number of rotatable bonds is 5. The zero-order valence-electron chi connectivity index (χ0n) is 12.4. The van der Waals surface area contributed by atoms with E-state index in [0.29, 0.717) is 16.5 Å². The summed E-state index contributed by atoms with van der Waals surface area (Å²) >= 11 is 8.25. The van der Waals surface area contributed by atoms with Gasteiger partial charge in [0, 0.05) is 15.5 Å². The molecule has 0 aliphatic rings. The topological polar surface area (TPSA) is 76.2 Å². The van der Waals surface area contributed by atoms with Crippen LogP contribution in [0.4, 0.5) is 0 Å². The van der Waals surface area contributed by atoms with Gasteiger partial charge in [0.05, 0.1) is 0 Å². The third-order valence-electron chi connectivity index (χ3n) is 3.07. The number of halogens is 1. The van der Waals surface area contributed by atoms with Gasteiger partial charge in [-0.2, -0.15) is 0 Å². The summed E-state index contributed by atoms with van der Waals surface area (Å²) in [7, 11) is 0. The Morgan fingerprint density at radius 3 is 2.67 bits per heavy atom. The highest BCUT2D eigenvalue weighted by Gasteiger charge is 2.16. The van der Waals surface area contributed by atoms with Crippen LogP contribution in [0.1, 0.15) is 10.4 Å². The molecule has 0 spiro atoms. The summed E-state index contributed by atoms with van der Waals surface area (Å²) in [5.41, 5.74) is 1.74. The average molecular weight is 379 g/mol. The standard InChI is InChI=1S/C16H11ClN2O3S2/c1-9-6-7-23-12(9)8-13(15(20)21)24-16-19-18-14(22-16)10-2-4-11(17)5-3-10/h2-8H,1H3,(H,20,21)/b13-8-. The van der Waals surface area contributed by atoms with Crippen molar-refractivity contribution in [3.8, 4) is 11.5 Å². The van der Waals surface area contributed by atoms with Crippen LogP contribution in [0.3, 0.4) is 0 Å². The van der Waals surface area contributed by atoms with Crippen molar-refractivity contribution < 1.29 is 14.3 Å². The van der Waals surface area contributed by atoms with Gasteiger partial charge in [-0.05, 0) is 66.0 Å². The number of hydrogen-bond acceptors (Lipinski definition) is 6. The molecule has 8 heteroatoms. The number of carboxylic acid groups (broad SMARTS) is 1. The first-order valence-electron chi connectivity index (χ1n) is 6.79. The van der Waals surface area contributed by atoms with Crippen LogP contribution in [0, 0.1) is 6.92 Å². The maximum Gasteiger partial charge on any atom is 0.342 e. The second kappa shape index (κ2) is 7.21. The predicted octanol–water partition coefficient (Wildman–Crippen LogP) is 4.98. The SMILES string of the molecule is Cc1ccsc1/C=C(\Sc1nnc(-c2ccc(Cl)cc2)o1)C(=O)O. The van der Waals surface area contributed by atoms with Crippen molar-refractivity contribution in [1.29, 1.82) is 0 Å². The summed E-state index contributed by atoms with van der Waals surface area (Å²) in [5.74, 6) is -0.731. The summed E-state index contributed by atoms with van der Waals surface area (Å²) in [6.45, 7) is 1.93. The molecule has 0 atom stereocenters. The Kier molecular flexibility index (Phi) is 5.03. The van der Waals surface area contributed by atoms with Crippen LogP contribution in [0.5, 0.6) is 0 Å². The molecule has 3 rings (SSSR count). The van der Waals surface area contributed by atoms with Gasteiger partial charge in [0.1, 0.15) is 4.91 Å². The van der Waals surface area contributed by atoms with E-state index in [1.54, 1.807) is 30.3 Å². The van der Waals surface area contributed by atoms with Gasteiger partial charge < -0.3 is 9.52 Å². The number of benzene rings is 1. The Morgan fingerprint density at radius 2 is 2.04 bits per heavy atom. The highest BCUT2D eigenvalue weighted by molar-refractivity contribution is 8.03. The number of aryl methyl sites for hydroxylation is 1. The van der Waals surface area contributed by atoms with Crippen molar-refractivity contribution in [3.05, 3.63) is 56.1 Å². The minimum atomic E-state index is -1.04. The van der Waals surface area contributed by atoms with Crippen molar-refractivity contribution in [3.63, 3.8) is 0 Å². The third-order valence-corrected chi connectivity index (χ3v) is 5.14. The summed E-state index contributed by atoms with van der Waals surface area (Å²) in [6.07, 6.45) is 1.61. The van der Waals surface area contributed by atoms with Crippen LogP contribution < -0.4 is 0 Å². The molecule has 24 heavy (non-hydrogen) atoms. The first-order valence-corrected chi connectivity index (χ1v) is 8.87. The molecule has 1 N–H and O–H groups in total. The van der Waals surface area contributed by atoms with Crippen LogP contribution >= 0.6 is 34.7 Å². The monoisotopic (exact) mass is 378 g/mol. The van der Waals surface area contributed by atoms with E-state index in [0.717, 1.165) is 22.2 Å². The highest BCUT2D eigenvalue weighted by Crippen LogP contribution is 2.31. The molecule has 5 nitrogen and oxygen atoms in total. The van der Waals surface area contributed by atoms with Gasteiger partial charge in [-0.15, -0.1) is 21.5 Å². The third kappa shape index (κ3) is 3.87. The molecule has 0 saturated carbocycles. The molecule has 0 amide bonds. The summed E-state index contributed by atoms with van der Waals surface area (Å²) in [5, 5.41) is 19.9. The van der Waals surface area contributed by atoms with Gasteiger partial charge in [-0.3, -0.25) is 0 Å². The number of hydrogen-bond donors (Lipinski definition) is 1. The number of thioether (sulfide) groups is 1. The molecule has 3 aromatic rings. The summed E-state index contributed by atoms with van der Waals surface area (Å²) in [4.78, 5) is 12.5. The second-order valence-corrected chi connectivity index (χ2v) is 7.14. The van der Waals surface area contributed by atoms with E-state index < -0.39 is 5.97 Å². The van der Waals surface area contributed by atoms with E-state index in [9.17, 15) is 9.90 Å². The zero-order valence-corrected chi connectivity index (χ0v) is 14.8. The van der Waals surface area contributed by atoms with E-state index in [1.807, 2.05) is 18.4 Å². The quantitative estimate of drug-likeness (QED) is 0.498. The Balaban J connectivity index is 1.84. The smallest absolute Gasteiger partial charge is 0.342 e. The van der Waals surface area contributed by atoms with Crippen LogP contribution in [0.15, 0.2) is 50.3 Å². The minimum Gasteiger partial charge on any atom is -0.477 e. The number of aliphatic carboxylic acids is 1. The molecule has 0 fully saturated rings. The van der Waals surface area contributed by atoms with Gasteiger partial charge in [-0.25, -0.2) is 4.79 Å². The predicted molar refractivity (Wildman–Crippen MR) is 95.3 cm³/mol. The fourth-order valence-electron chi connectivity index (χ4n) is 1.84. The second-order valence-electron chi connectivity index (χ2n) is 4.76. The van der Waals surface area contributed by atoms with Gasteiger partial charge in [-0.1, -0.05) is 11.6 Å². The molecular formula is C16H11ClN2O3S2. The number of carbonyl (C=O) groups is 1. The molecule has 0 saturated heterocycles. The number of aromatic nitrogens is 2. The highest BCUT2D eigenvalue weighted by atomic mass is 35.5. The Hall–Kier alpha value is -2.09. The molecule has 122 valence electrons. The van der Waals surface area contributed by atoms with E-state index >= 15 is 0 Å². The zero-order chi connectivity index (χ0) is 17.1. The average Bonchev–Trinajstić information content (AvgIpc) is 3.17. The molecule has 0 unspecified atom stereocenters. The molecule has 0 aliphatic carbocycles. The van der Waals surface area contributed by atoms with Crippen molar-refractivity contribution in [2.24, 2.45) is 0 Å². The first kappa shape index (κ1) is 16.8. The van der Waals surface area contributed by atoms with Crippen molar-refractivity contribution in [2.45, 2.75) is 12.1 Å². The van der Waals surface area contributed by atoms with Crippen LogP contribution in [0.2, 0.25) is 5.02 Å². The molecule has 0 aliphatic heterocycles. The molecule has 2 heterocycles. The molecule has 0 radical (unpaired) electrons. The maximum atomic E-state index is 11.5. The van der Waals surface area contributed by atoms with E-state index in [2.05, 4.69) is 10.2 Å². The lowest BCUT2D eigenvalue weighted by Crippen LogP contribution is -1.96. The lowest BCUT2D eigenvalue weighted by molar-refractivity contribution is -0.131. The van der Waals surface area contributed by atoms with Gasteiger partial charge in [0.2, 0.25) is 5.89 Å². The van der Waals surface area contributed by atoms with Gasteiger partial charge >= 0.3 is 5.97 Å². The normalized spacial score (nSPS) is 11.7. The lowest BCUT2D eigenvalue weighted by Gasteiger charge is -1.98. The van der Waals surface area contributed by atoms with E-state index in [4.69, 9.17) is 16.0 Å². The van der Waals surface area contributed by atoms with Crippen molar-refractivity contribution >= 4 is 46.7 Å². The van der Waals surface area contributed by atoms with Crippen LogP contribution in [-0.4, -0.2) is 21.3 Å².